The van der Waals surface area contributed by atoms with Crippen LogP contribution in [0.5, 0.6) is 0 Å². The first-order valence-electron chi connectivity index (χ1n) is 6.44. The first-order chi connectivity index (χ1) is 9.84. The van der Waals surface area contributed by atoms with E-state index in [1.54, 1.807) is 38.0 Å². The Balaban J connectivity index is 2.32. The highest BCUT2D eigenvalue weighted by molar-refractivity contribution is 7.89. The molecule has 0 fully saturated rings. The van der Waals surface area contributed by atoms with Gasteiger partial charge in [-0.05, 0) is 18.6 Å². The van der Waals surface area contributed by atoms with Crippen molar-refractivity contribution < 1.29 is 8.42 Å². The Bertz CT molecular complexity index is 742. The molecule has 2 heterocycles. The molecule has 6 nitrogen and oxygen atoms in total. The molecule has 2 rings (SSSR count). The molecule has 0 saturated heterocycles. The van der Waals surface area contributed by atoms with Gasteiger partial charge in [-0.2, -0.15) is 9.40 Å². The van der Waals surface area contributed by atoms with Gasteiger partial charge < -0.3 is 0 Å². The van der Waals surface area contributed by atoms with E-state index in [0.29, 0.717) is 17.3 Å². The lowest BCUT2D eigenvalue weighted by atomic mass is 10.3. The molecule has 8 heteroatoms. The van der Waals surface area contributed by atoms with Gasteiger partial charge in [-0.15, -0.1) is 0 Å². The number of hydrogen-bond donors (Lipinski definition) is 0. The molecule has 0 aliphatic rings. The normalized spacial score (nSPS) is 12.0. The van der Waals surface area contributed by atoms with E-state index >= 15 is 0 Å². The third kappa shape index (κ3) is 3.42. The summed E-state index contributed by atoms with van der Waals surface area (Å²) in [7, 11) is -1.81. The summed E-state index contributed by atoms with van der Waals surface area (Å²) in [5.41, 5.74) is 1.47. The van der Waals surface area contributed by atoms with Gasteiger partial charge in [0.1, 0.15) is 10.0 Å². The lowest BCUT2D eigenvalue weighted by molar-refractivity contribution is 0.423. The quantitative estimate of drug-likeness (QED) is 0.787. The topological polar surface area (TPSA) is 68.1 Å². The number of rotatable bonds is 5. The minimum absolute atomic E-state index is 0.148. The predicted octanol–water partition coefficient (Wildman–Crippen LogP) is 1.99. The van der Waals surface area contributed by atoms with Crippen molar-refractivity contribution >= 4 is 21.6 Å². The van der Waals surface area contributed by atoms with Crippen LogP contribution in [0, 0.1) is 6.92 Å². The fraction of sp³-hybridized carbons (Fsp3) is 0.385. The molecule has 0 bridgehead atoms. The lowest BCUT2D eigenvalue weighted by Gasteiger charge is -2.20. The van der Waals surface area contributed by atoms with Crippen molar-refractivity contribution in [1.29, 1.82) is 0 Å². The molecule has 114 valence electrons. The lowest BCUT2D eigenvalue weighted by Crippen LogP contribution is -2.30. The van der Waals surface area contributed by atoms with E-state index in [4.69, 9.17) is 11.6 Å². The SMILES string of the molecule is CCN(Cc1cnn(C)c1)S(=O)(=O)c1cnc(Cl)c(C)c1. The van der Waals surface area contributed by atoms with Crippen LogP contribution in [0.3, 0.4) is 0 Å². The zero-order valence-electron chi connectivity index (χ0n) is 12.1. The number of aromatic nitrogens is 3. The van der Waals surface area contributed by atoms with Gasteiger partial charge in [0.2, 0.25) is 10.0 Å². The van der Waals surface area contributed by atoms with Gasteiger partial charge in [-0.25, -0.2) is 13.4 Å². The standard InChI is InChI=1S/C13H17ClN4O2S/c1-4-18(9-11-6-16-17(3)8-11)21(19,20)12-5-10(2)13(14)15-7-12/h5-8H,4,9H2,1-3H3. The van der Waals surface area contributed by atoms with Crippen LogP contribution < -0.4 is 0 Å². The molecular weight excluding hydrogens is 312 g/mol. The number of halogens is 1. The van der Waals surface area contributed by atoms with Gasteiger partial charge in [0, 0.05) is 38.1 Å². The summed E-state index contributed by atoms with van der Waals surface area (Å²) in [6.07, 6.45) is 4.74. The first kappa shape index (κ1) is 15.9. The maximum Gasteiger partial charge on any atom is 0.244 e. The molecule has 0 N–H and O–H groups in total. The fourth-order valence-corrected chi connectivity index (χ4v) is 3.52. The molecule has 2 aromatic heterocycles. The summed E-state index contributed by atoms with van der Waals surface area (Å²) in [5, 5.41) is 4.36. The average Bonchev–Trinajstić information content (AvgIpc) is 2.84. The van der Waals surface area contributed by atoms with Crippen LogP contribution in [0.4, 0.5) is 0 Å². The smallest absolute Gasteiger partial charge is 0.244 e. The van der Waals surface area contributed by atoms with E-state index in [2.05, 4.69) is 10.1 Å². The van der Waals surface area contributed by atoms with Crippen LogP contribution in [-0.2, 0) is 23.6 Å². The molecule has 0 unspecified atom stereocenters. The summed E-state index contributed by atoms with van der Waals surface area (Å²) in [4.78, 5) is 4.06. The van der Waals surface area contributed by atoms with E-state index in [1.807, 2.05) is 0 Å². The van der Waals surface area contributed by atoms with Crippen molar-refractivity contribution in [3.8, 4) is 0 Å². The zero-order chi connectivity index (χ0) is 15.6. The number of nitrogens with zero attached hydrogens (tertiary/aromatic N) is 4. The summed E-state index contributed by atoms with van der Waals surface area (Å²) in [6, 6.07) is 1.54. The largest absolute Gasteiger partial charge is 0.275 e. The Labute approximate surface area is 129 Å². The Hall–Kier alpha value is -1.44. The van der Waals surface area contributed by atoms with Crippen LogP contribution in [-0.4, -0.2) is 34.0 Å². The summed E-state index contributed by atoms with van der Waals surface area (Å²) < 4.78 is 28.3. The second kappa shape index (κ2) is 6.13. The van der Waals surface area contributed by atoms with E-state index in [0.717, 1.165) is 5.56 Å². The molecule has 0 radical (unpaired) electrons. The number of sulfonamides is 1. The second-order valence-electron chi connectivity index (χ2n) is 4.73. The molecule has 0 aliphatic carbocycles. The molecule has 0 spiro atoms. The average molecular weight is 329 g/mol. The number of aryl methyl sites for hydroxylation is 2. The Morgan fingerprint density at radius 3 is 2.62 bits per heavy atom. The molecule has 0 aliphatic heterocycles. The third-order valence-corrected chi connectivity index (χ3v) is 5.38. The van der Waals surface area contributed by atoms with Crippen molar-refractivity contribution in [1.82, 2.24) is 19.1 Å². The molecule has 21 heavy (non-hydrogen) atoms. The highest BCUT2D eigenvalue weighted by Gasteiger charge is 2.24. The summed E-state index contributed by atoms with van der Waals surface area (Å²) in [5.74, 6) is 0. The first-order valence-corrected chi connectivity index (χ1v) is 8.26. The van der Waals surface area contributed by atoms with Crippen molar-refractivity contribution in [2.75, 3.05) is 6.54 Å². The molecule has 0 atom stereocenters. The maximum absolute atomic E-state index is 12.7. The van der Waals surface area contributed by atoms with Gasteiger partial charge in [0.25, 0.3) is 0 Å². The van der Waals surface area contributed by atoms with Gasteiger partial charge in [-0.1, -0.05) is 18.5 Å². The van der Waals surface area contributed by atoms with Crippen LogP contribution in [0.25, 0.3) is 0 Å². The third-order valence-electron chi connectivity index (χ3n) is 3.10. The van der Waals surface area contributed by atoms with Crippen LogP contribution in [0.2, 0.25) is 5.15 Å². The highest BCUT2D eigenvalue weighted by atomic mass is 35.5. The van der Waals surface area contributed by atoms with Crippen molar-refractivity contribution in [2.24, 2.45) is 7.05 Å². The number of hydrogen-bond acceptors (Lipinski definition) is 4. The van der Waals surface area contributed by atoms with Gasteiger partial charge in [0.05, 0.1) is 6.20 Å². The maximum atomic E-state index is 12.7. The number of pyridine rings is 1. The highest BCUT2D eigenvalue weighted by Crippen LogP contribution is 2.21. The van der Waals surface area contributed by atoms with Gasteiger partial charge in [-0.3, -0.25) is 4.68 Å². The van der Waals surface area contributed by atoms with Crippen molar-refractivity contribution in [2.45, 2.75) is 25.3 Å². The minimum atomic E-state index is -3.60. The van der Waals surface area contributed by atoms with E-state index in [-0.39, 0.29) is 11.4 Å². The molecular formula is C13H17ClN4O2S. The van der Waals surface area contributed by atoms with Gasteiger partial charge >= 0.3 is 0 Å². The van der Waals surface area contributed by atoms with Crippen LogP contribution in [0.1, 0.15) is 18.1 Å². The van der Waals surface area contributed by atoms with Crippen molar-refractivity contribution in [3.05, 3.63) is 40.9 Å². The van der Waals surface area contributed by atoms with E-state index in [1.165, 1.54) is 16.6 Å². The molecule has 2 aromatic rings. The molecule has 0 aromatic carbocycles. The Kier molecular flexibility index (Phi) is 4.65. The molecule has 0 amide bonds. The minimum Gasteiger partial charge on any atom is -0.275 e. The van der Waals surface area contributed by atoms with Gasteiger partial charge in [0.15, 0.2) is 0 Å². The monoisotopic (exact) mass is 328 g/mol. The molecule has 0 saturated carbocycles. The van der Waals surface area contributed by atoms with E-state index in [9.17, 15) is 8.42 Å². The Morgan fingerprint density at radius 2 is 2.10 bits per heavy atom. The second-order valence-corrected chi connectivity index (χ2v) is 7.03. The van der Waals surface area contributed by atoms with Crippen molar-refractivity contribution in [3.63, 3.8) is 0 Å². The Morgan fingerprint density at radius 1 is 1.38 bits per heavy atom. The fourth-order valence-electron chi connectivity index (χ4n) is 1.95. The zero-order valence-corrected chi connectivity index (χ0v) is 13.7. The summed E-state index contributed by atoms with van der Waals surface area (Å²) >= 11 is 5.85. The summed E-state index contributed by atoms with van der Waals surface area (Å²) in [6.45, 7) is 4.16. The van der Waals surface area contributed by atoms with E-state index < -0.39 is 10.0 Å². The predicted molar refractivity (Wildman–Crippen MR) is 80.5 cm³/mol. The van der Waals surface area contributed by atoms with Crippen LogP contribution in [0.15, 0.2) is 29.6 Å². The van der Waals surface area contributed by atoms with Crippen LogP contribution >= 0.6 is 11.6 Å².